The Hall–Kier alpha value is -0.610. The topological polar surface area (TPSA) is 61.4 Å². The Morgan fingerprint density at radius 2 is 1.35 bits per heavy atom. The van der Waals surface area contributed by atoms with Gasteiger partial charge >= 0.3 is 5.97 Å². The molecule has 4 heteroatoms. The van der Waals surface area contributed by atoms with Gasteiger partial charge in [0.15, 0.2) is 0 Å². The van der Waals surface area contributed by atoms with E-state index in [9.17, 15) is 4.79 Å². The molecule has 0 radical (unpaired) electrons. The Bertz CT molecular complexity index is 260. The summed E-state index contributed by atoms with van der Waals surface area (Å²) in [5, 5.41) is 15.4. The number of rotatable bonds is 18. The van der Waals surface area contributed by atoms with Crippen LogP contribution in [0.2, 0.25) is 0 Å². The van der Waals surface area contributed by atoms with E-state index >= 15 is 0 Å². The lowest BCUT2D eigenvalue weighted by atomic mass is 10.1. The molecule has 0 aromatic rings. The van der Waals surface area contributed by atoms with Gasteiger partial charge in [-0.2, -0.15) is 0 Å². The van der Waals surface area contributed by atoms with Crippen molar-refractivity contribution in [3.8, 4) is 0 Å². The van der Waals surface area contributed by atoms with Crippen molar-refractivity contribution in [3.63, 3.8) is 0 Å². The maximum Gasteiger partial charge on any atom is 0.304 e. The highest BCUT2D eigenvalue weighted by atomic mass is 16.4. The lowest BCUT2D eigenvalue weighted by molar-refractivity contribution is -0.137. The number of carbonyl (C=O) groups is 1. The van der Waals surface area contributed by atoms with Gasteiger partial charge in [0.25, 0.3) is 0 Å². The van der Waals surface area contributed by atoms with Crippen molar-refractivity contribution in [3.05, 3.63) is 0 Å². The number of unbranched alkanes of at least 4 members (excludes halogenated alkanes) is 9. The van der Waals surface area contributed by atoms with E-state index in [2.05, 4.69) is 17.6 Å². The molecule has 0 heterocycles. The summed E-state index contributed by atoms with van der Waals surface area (Å²) < 4.78 is 0. The first-order chi connectivity index (χ1) is 11.2. The predicted molar refractivity (Wildman–Crippen MR) is 99.0 cm³/mol. The van der Waals surface area contributed by atoms with E-state index in [1.807, 2.05) is 6.92 Å². The van der Waals surface area contributed by atoms with Crippen molar-refractivity contribution in [1.82, 2.24) is 10.6 Å². The smallest absolute Gasteiger partial charge is 0.304 e. The van der Waals surface area contributed by atoms with Crippen LogP contribution in [0.25, 0.3) is 0 Å². The Morgan fingerprint density at radius 3 is 1.91 bits per heavy atom. The lowest BCUT2D eigenvalue weighted by Crippen LogP contribution is -2.31. The maximum absolute atomic E-state index is 10.5. The van der Waals surface area contributed by atoms with Crippen LogP contribution in [0.1, 0.15) is 90.9 Å². The SMILES string of the molecule is CCCCCCCCCCCCNCCCNC(C)CC(=O)O. The summed E-state index contributed by atoms with van der Waals surface area (Å²) in [5.41, 5.74) is 0. The largest absolute Gasteiger partial charge is 0.481 e. The number of nitrogens with one attached hydrogen (secondary N) is 2. The van der Waals surface area contributed by atoms with Crippen LogP contribution in [0.3, 0.4) is 0 Å². The quantitative estimate of drug-likeness (QED) is 0.328. The van der Waals surface area contributed by atoms with E-state index in [1.165, 1.54) is 64.2 Å². The summed E-state index contributed by atoms with van der Waals surface area (Å²) in [6, 6.07) is 0.0643. The second-order valence-corrected chi connectivity index (χ2v) is 6.74. The van der Waals surface area contributed by atoms with Crippen LogP contribution in [0, 0.1) is 0 Å². The van der Waals surface area contributed by atoms with Crippen LogP contribution in [0.4, 0.5) is 0 Å². The molecule has 0 spiro atoms. The van der Waals surface area contributed by atoms with Gasteiger partial charge in [0, 0.05) is 6.04 Å². The number of carboxylic acid groups (broad SMARTS) is 1. The van der Waals surface area contributed by atoms with Gasteiger partial charge in [-0.05, 0) is 39.4 Å². The minimum Gasteiger partial charge on any atom is -0.481 e. The summed E-state index contributed by atoms with van der Waals surface area (Å²) in [5.74, 6) is -0.732. The molecule has 4 nitrogen and oxygen atoms in total. The Labute approximate surface area is 143 Å². The highest BCUT2D eigenvalue weighted by Gasteiger charge is 2.05. The van der Waals surface area contributed by atoms with Crippen LogP contribution >= 0.6 is 0 Å². The second kappa shape index (κ2) is 17.7. The van der Waals surface area contributed by atoms with E-state index in [0.717, 1.165) is 26.1 Å². The summed E-state index contributed by atoms with van der Waals surface area (Å²) in [7, 11) is 0. The number of hydrogen-bond acceptors (Lipinski definition) is 3. The van der Waals surface area contributed by atoms with Gasteiger partial charge in [-0.1, -0.05) is 64.7 Å². The first-order valence-electron chi connectivity index (χ1n) is 9.82. The van der Waals surface area contributed by atoms with Crippen molar-refractivity contribution in [1.29, 1.82) is 0 Å². The maximum atomic E-state index is 10.5. The monoisotopic (exact) mass is 328 g/mol. The van der Waals surface area contributed by atoms with Gasteiger partial charge in [-0.3, -0.25) is 4.79 Å². The minimum atomic E-state index is -0.732. The lowest BCUT2D eigenvalue weighted by Gasteiger charge is -2.11. The fraction of sp³-hybridized carbons (Fsp3) is 0.947. The molecule has 0 aromatic heterocycles. The molecule has 0 fully saturated rings. The zero-order chi connectivity index (χ0) is 17.2. The van der Waals surface area contributed by atoms with Gasteiger partial charge in [-0.25, -0.2) is 0 Å². The Balaban J connectivity index is 3.06. The van der Waals surface area contributed by atoms with Crippen LogP contribution in [-0.4, -0.2) is 36.8 Å². The van der Waals surface area contributed by atoms with E-state index < -0.39 is 5.97 Å². The molecule has 0 bridgehead atoms. The molecule has 138 valence electrons. The molecule has 0 aromatic carbocycles. The predicted octanol–water partition coefficient (Wildman–Crippen LogP) is 4.34. The Morgan fingerprint density at radius 1 is 0.826 bits per heavy atom. The molecule has 0 rings (SSSR count). The van der Waals surface area contributed by atoms with Gasteiger partial charge in [0.2, 0.25) is 0 Å². The van der Waals surface area contributed by atoms with E-state index in [0.29, 0.717) is 0 Å². The third-order valence-corrected chi connectivity index (χ3v) is 4.21. The number of aliphatic carboxylic acids is 1. The van der Waals surface area contributed by atoms with Crippen molar-refractivity contribution >= 4 is 5.97 Å². The summed E-state index contributed by atoms with van der Waals surface area (Å²) in [4.78, 5) is 10.5. The highest BCUT2D eigenvalue weighted by molar-refractivity contribution is 5.67. The normalized spacial score (nSPS) is 12.4. The van der Waals surface area contributed by atoms with Gasteiger partial charge < -0.3 is 15.7 Å². The van der Waals surface area contributed by atoms with Crippen molar-refractivity contribution in [2.24, 2.45) is 0 Å². The van der Waals surface area contributed by atoms with Gasteiger partial charge in [-0.15, -0.1) is 0 Å². The molecule has 0 aliphatic heterocycles. The van der Waals surface area contributed by atoms with Gasteiger partial charge in [0.1, 0.15) is 0 Å². The third kappa shape index (κ3) is 19.3. The number of hydrogen-bond donors (Lipinski definition) is 3. The summed E-state index contributed by atoms with van der Waals surface area (Å²) >= 11 is 0. The molecule has 0 aliphatic carbocycles. The van der Waals surface area contributed by atoms with Crippen molar-refractivity contribution in [2.45, 2.75) is 96.9 Å². The molecular weight excluding hydrogens is 288 g/mol. The highest BCUT2D eigenvalue weighted by Crippen LogP contribution is 2.10. The zero-order valence-electron chi connectivity index (χ0n) is 15.5. The van der Waals surface area contributed by atoms with E-state index in [4.69, 9.17) is 5.11 Å². The van der Waals surface area contributed by atoms with Crippen molar-refractivity contribution < 1.29 is 9.90 Å². The molecule has 0 saturated carbocycles. The number of carboxylic acids is 1. The van der Waals surface area contributed by atoms with Gasteiger partial charge in [0.05, 0.1) is 6.42 Å². The standard InChI is InChI=1S/C19H40N2O2/c1-3-4-5-6-7-8-9-10-11-12-14-20-15-13-16-21-18(2)17-19(22)23/h18,20-21H,3-17H2,1-2H3,(H,22,23). The second-order valence-electron chi connectivity index (χ2n) is 6.74. The van der Waals surface area contributed by atoms with Crippen LogP contribution in [0.15, 0.2) is 0 Å². The molecule has 1 atom stereocenters. The third-order valence-electron chi connectivity index (χ3n) is 4.21. The minimum absolute atomic E-state index is 0.0643. The van der Waals surface area contributed by atoms with Crippen molar-refractivity contribution in [2.75, 3.05) is 19.6 Å². The molecule has 0 saturated heterocycles. The molecule has 23 heavy (non-hydrogen) atoms. The van der Waals surface area contributed by atoms with E-state index in [-0.39, 0.29) is 12.5 Å². The summed E-state index contributed by atoms with van der Waals surface area (Å²) in [6.07, 6.45) is 15.1. The summed E-state index contributed by atoms with van der Waals surface area (Å²) in [6.45, 7) is 7.21. The average molecular weight is 329 g/mol. The van der Waals surface area contributed by atoms with Crippen LogP contribution < -0.4 is 10.6 Å². The molecule has 3 N–H and O–H groups in total. The zero-order valence-corrected chi connectivity index (χ0v) is 15.5. The van der Waals surface area contributed by atoms with E-state index in [1.54, 1.807) is 0 Å². The molecule has 0 aliphatic rings. The molecule has 0 amide bonds. The fourth-order valence-electron chi connectivity index (χ4n) is 2.76. The Kier molecular flexibility index (Phi) is 17.3. The fourth-order valence-corrected chi connectivity index (χ4v) is 2.76. The average Bonchev–Trinajstić information content (AvgIpc) is 2.50. The van der Waals surface area contributed by atoms with Crippen LogP contribution in [0.5, 0.6) is 0 Å². The molecule has 1 unspecified atom stereocenters. The van der Waals surface area contributed by atoms with Crippen LogP contribution in [-0.2, 0) is 4.79 Å². The first kappa shape index (κ1) is 22.4. The first-order valence-corrected chi connectivity index (χ1v) is 9.82. The molecular formula is C19H40N2O2.